The lowest BCUT2D eigenvalue weighted by atomic mass is 10.1. The van der Waals surface area contributed by atoms with Gasteiger partial charge < -0.3 is 14.8 Å². The lowest BCUT2D eigenvalue weighted by Gasteiger charge is -2.23. The van der Waals surface area contributed by atoms with Crippen LogP contribution in [0.5, 0.6) is 5.88 Å². The quantitative estimate of drug-likeness (QED) is 0.315. The van der Waals surface area contributed by atoms with E-state index in [1.165, 1.54) is 12.1 Å². The SMILES string of the molecule is COCCOc1cc(Nc2c(C#N)c(-c3ccc([N+](=O)[O-])cc3)nn2C(C)(C)C)ccn1. The van der Waals surface area contributed by atoms with E-state index < -0.39 is 10.5 Å². The maximum Gasteiger partial charge on any atom is 0.269 e. The molecular weight excluding hydrogens is 412 g/mol. The summed E-state index contributed by atoms with van der Waals surface area (Å²) in [6, 6.07) is 11.7. The third-order valence-corrected chi connectivity index (χ3v) is 4.52. The molecule has 3 aromatic rings. The second-order valence-corrected chi connectivity index (χ2v) is 7.92. The average molecular weight is 436 g/mol. The zero-order valence-electron chi connectivity index (χ0n) is 18.3. The highest BCUT2D eigenvalue weighted by Gasteiger charge is 2.26. The van der Waals surface area contributed by atoms with Gasteiger partial charge in [-0.25, -0.2) is 9.67 Å². The third kappa shape index (κ3) is 5.01. The van der Waals surface area contributed by atoms with E-state index in [9.17, 15) is 15.4 Å². The molecule has 10 heteroatoms. The molecule has 0 bridgehead atoms. The van der Waals surface area contributed by atoms with Crippen molar-refractivity contribution in [1.82, 2.24) is 14.8 Å². The van der Waals surface area contributed by atoms with Crippen molar-refractivity contribution in [3.63, 3.8) is 0 Å². The Morgan fingerprint density at radius 2 is 1.94 bits per heavy atom. The van der Waals surface area contributed by atoms with E-state index in [-0.39, 0.29) is 5.69 Å². The predicted molar refractivity (Wildman–Crippen MR) is 119 cm³/mol. The first-order valence-electron chi connectivity index (χ1n) is 9.88. The molecule has 1 aromatic carbocycles. The monoisotopic (exact) mass is 436 g/mol. The maximum atomic E-state index is 11.0. The van der Waals surface area contributed by atoms with Crippen LogP contribution in [-0.2, 0) is 10.3 Å². The van der Waals surface area contributed by atoms with Crippen molar-refractivity contribution in [3.05, 3.63) is 58.3 Å². The second-order valence-electron chi connectivity index (χ2n) is 7.92. The lowest BCUT2D eigenvalue weighted by Crippen LogP contribution is -2.24. The zero-order valence-corrected chi connectivity index (χ0v) is 18.3. The van der Waals surface area contributed by atoms with Crippen molar-refractivity contribution in [2.75, 3.05) is 25.6 Å². The number of pyridine rings is 1. The topological polar surface area (TPSA) is 128 Å². The number of nitrogens with zero attached hydrogens (tertiary/aromatic N) is 5. The van der Waals surface area contributed by atoms with Crippen molar-refractivity contribution >= 4 is 17.2 Å². The number of nitro groups is 1. The van der Waals surface area contributed by atoms with Gasteiger partial charge >= 0.3 is 0 Å². The van der Waals surface area contributed by atoms with Crippen LogP contribution in [0.2, 0.25) is 0 Å². The van der Waals surface area contributed by atoms with Crippen molar-refractivity contribution in [2.45, 2.75) is 26.3 Å². The fourth-order valence-corrected chi connectivity index (χ4v) is 3.00. The van der Waals surface area contributed by atoms with Gasteiger partial charge in [0.05, 0.1) is 17.1 Å². The number of hydrogen-bond donors (Lipinski definition) is 1. The molecule has 1 N–H and O–H groups in total. The summed E-state index contributed by atoms with van der Waals surface area (Å²) in [6.45, 7) is 6.71. The highest BCUT2D eigenvalue weighted by molar-refractivity contribution is 5.77. The Balaban J connectivity index is 2.03. The molecular formula is C22H24N6O4. The molecule has 0 spiro atoms. The molecule has 0 saturated carbocycles. The van der Waals surface area contributed by atoms with Gasteiger partial charge in [-0.15, -0.1) is 0 Å². The Morgan fingerprint density at radius 1 is 1.22 bits per heavy atom. The Hall–Kier alpha value is -3.97. The molecule has 0 saturated heterocycles. The van der Waals surface area contributed by atoms with E-state index >= 15 is 0 Å². The van der Waals surface area contributed by atoms with Crippen LogP contribution in [0.15, 0.2) is 42.6 Å². The van der Waals surface area contributed by atoms with Gasteiger partial charge in [-0.05, 0) is 39.0 Å². The van der Waals surface area contributed by atoms with Gasteiger partial charge in [0.15, 0.2) is 0 Å². The van der Waals surface area contributed by atoms with E-state index in [1.807, 2.05) is 20.8 Å². The molecule has 0 fully saturated rings. The van der Waals surface area contributed by atoms with Crippen LogP contribution >= 0.6 is 0 Å². The molecule has 32 heavy (non-hydrogen) atoms. The molecule has 10 nitrogen and oxygen atoms in total. The fourth-order valence-electron chi connectivity index (χ4n) is 3.00. The Morgan fingerprint density at radius 3 is 2.53 bits per heavy atom. The molecule has 0 aliphatic rings. The summed E-state index contributed by atoms with van der Waals surface area (Å²) in [7, 11) is 1.59. The molecule has 166 valence electrons. The molecule has 0 atom stereocenters. The van der Waals surface area contributed by atoms with Crippen LogP contribution in [0, 0.1) is 21.4 Å². The van der Waals surface area contributed by atoms with Gasteiger partial charge in [-0.1, -0.05) is 0 Å². The minimum atomic E-state index is -0.467. The minimum absolute atomic E-state index is 0.0290. The third-order valence-electron chi connectivity index (χ3n) is 4.52. The summed E-state index contributed by atoms with van der Waals surface area (Å²) in [4.78, 5) is 14.7. The number of nitriles is 1. The lowest BCUT2D eigenvalue weighted by molar-refractivity contribution is -0.384. The van der Waals surface area contributed by atoms with Gasteiger partial charge in [-0.2, -0.15) is 10.4 Å². The van der Waals surface area contributed by atoms with Gasteiger partial charge in [0.25, 0.3) is 5.69 Å². The first-order valence-corrected chi connectivity index (χ1v) is 9.88. The maximum absolute atomic E-state index is 11.0. The molecule has 2 aromatic heterocycles. The smallest absolute Gasteiger partial charge is 0.269 e. The number of nitrogens with one attached hydrogen (secondary N) is 1. The fraction of sp³-hybridized carbons (Fsp3) is 0.318. The number of nitro benzene ring substituents is 1. The number of methoxy groups -OCH3 is 1. The summed E-state index contributed by atoms with van der Waals surface area (Å²) < 4.78 is 12.3. The normalized spacial score (nSPS) is 11.1. The van der Waals surface area contributed by atoms with Crippen LogP contribution in [0.25, 0.3) is 11.3 Å². The molecule has 3 rings (SSSR count). The summed E-state index contributed by atoms with van der Waals surface area (Å²) in [5.74, 6) is 0.922. The Kier molecular flexibility index (Phi) is 6.70. The minimum Gasteiger partial charge on any atom is -0.475 e. The second kappa shape index (κ2) is 9.45. The van der Waals surface area contributed by atoms with Crippen LogP contribution in [0.3, 0.4) is 0 Å². The molecule has 0 amide bonds. The summed E-state index contributed by atoms with van der Waals surface area (Å²) in [5.41, 5.74) is 1.57. The molecule has 0 unspecified atom stereocenters. The molecule has 0 aliphatic carbocycles. The zero-order chi connectivity index (χ0) is 23.3. The van der Waals surface area contributed by atoms with Gasteiger partial charge in [0, 0.05) is 42.8 Å². The van der Waals surface area contributed by atoms with Gasteiger partial charge in [0.1, 0.15) is 29.8 Å². The number of aromatic nitrogens is 3. The van der Waals surface area contributed by atoms with E-state index in [4.69, 9.17) is 9.47 Å². The van der Waals surface area contributed by atoms with E-state index in [1.54, 1.807) is 42.3 Å². The molecule has 2 heterocycles. The summed E-state index contributed by atoms with van der Waals surface area (Å²) in [5, 5.41) is 28.9. The highest BCUT2D eigenvalue weighted by Crippen LogP contribution is 2.35. The summed E-state index contributed by atoms with van der Waals surface area (Å²) in [6.07, 6.45) is 1.60. The van der Waals surface area contributed by atoms with Crippen LogP contribution in [0.1, 0.15) is 26.3 Å². The van der Waals surface area contributed by atoms with Crippen LogP contribution < -0.4 is 10.1 Å². The van der Waals surface area contributed by atoms with Crippen molar-refractivity contribution in [3.8, 4) is 23.2 Å². The highest BCUT2D eigenvalue weighted by atomic mass is 16.6. The number of anilines is 2. The Bertz CT molecular complexity index is 1140. The van der Waals surface area contributed by atoms with Gasteiger partial charge in [-0.3, -0.25) is 10.1 Å². The Labute approximate surface area is 185 Å². The van der Waals surface area contributed by atoms with Crippen molar-refractivity contribution in [2.24, 2.45) is 0 Å². The number of hydrogen-bond acceptors (Lipinski definition) is 8. The predicted octanol–water partition coefficient (Wildman–Crippen LogP) is 4.25. The first-order chi connectivity index (χ1) is 15.2. The standard InChI is InChI=1S/C22H24N6O4/c1-22(2,3)27-21(25-16-9-10-24-19(13-16)32-12-11-31-4)18(14-23)20(26-27)15-5-7-17(8-6-15)28(29)30/h5-10,13H,11-12H2,1-4H3,(H,24,25). The number of benzene rings is 1. The van der Waals surface area contributed by atoms with Crippen LogP contribution in [-0.4, -0.2) is 40.0 Å². The van der Waals surface area contributed by atoms with Crippen molar-refractivity contribution in [1.29, 1.82) is 5.26 Å². The van der Waals surface area contributed by atoms with E-state index in [0.29, 0.717) is 47.4 Å². The summed E-state index contributed by atoms with van der Waals surface area (Å²) >= 11 is 0. The molecule has 0 radical (unpaired) electrons. The number of rotatable bonds is 8. The van der Waals surface area contributed by atoms with Crippen LogP contribution in [0.4, 0.5) is 17.2 Å². The first kappa shape index (κ1) is 22.7. The van der Waals surface area contributed by atoms with E-state index in [2.05, 4.69) is 21.5 Å². The van der Waals surface area contributed by atoms with Crippen molar-refractivity contribution < 1.29 is 14.4 Å². The number of non-ortho nitro benzene ring substituents is 1. The average Bonchev–Trinajstić information content (AvgIpc) is 3.13. The number of ether oxygens (including phenoxy) is 2. The largest absolute Gasteiger partial charge is 0.475 e. The van der Waals surface area contributed by atoms with Gasteiger partial charge in [0.2, 0.25) is 5.88 Å². The van der Waals surface area contributed by atoms with E-state index in [0.717, 1.165) is 0 Å². The molecule has 0 aliphatic heterocycles.